The van der Waals surface area contributed by atoms with Crippen LogP contribution in [0.15, 0.2) is 0 Å². The zero-order valence-electron chi connectivity index (χ0n) is 8.19. The molecule has 0 saturated heterocycles. The Hall–Kier alpha value is -0.250. The van der Waals surface area contributed by atoms with Crippen molar-refractivity contribution in [2.75, 3.05) is 0 Å². The van der Waals surface area contributed by atoms with Gasteiger partial charge in [0, 0.05) is 12.5 Å². The van der Waals surface area contributed by atoms with Crippen molar-refractivity contribution in [3.63, 3.8) is 0 Å². The monoisotopic (exact) mass is 197 g/mol. The van der Waals surface area contributed by atoms with Crippen molar-refractivity contribution in [3.8, 4) is 0 Å². The summed E-state index contributed by atoms with van der Waals surface area (Å²) in [5.74, 6) is 0.187. The Balaban J connectivity index is 3.53. The van der Waals surface area contributed by atoms with Crippen LogP contribution in [0.4, 0.5) is 13.2 Å². The molecule has 0 rings (SSSR count). The first-order valence-corrected chi connectivity index (χ1v) is 4.69. The second kappa shape index (κ2) is 5.47. The molecule has 0 aliphatic rings. The largest absolute Gasteiger partial charge is 0.389 e. The minimum absolute atomic E-state index is 0.0354. The first-order valence-electron chi connectivity index (χ1n) is 4.69. The lowest BCUT2D eigenvalue weighted by molar-refractivity contribution is -0.136. The summed E-state index contributed by atoms with van der Waals surface area (Å²) in [5.41, 5.74) is 5.69. The molecule has 0 spiro atoms. The Morgan fingerprint density at radius 3 is 2.23 bits per heavy atom. The zero-order valence-corrected chi connectivity index (χ0v) is 8.19. The van der Waals surface area contributed by atoms with Crippen LogP contribution >= 0.6 is 0 Å². The second-order valence-corrected chi connectivity index (χ2v) is 3.56. The van der Waals surface area contributed by atoms with E-state index in [1.807, 2.05) is 13.8 Å². The van der Waals surface area contributed by atoms with Crippen LogP contribution in [0.25, 0.3) is 0 Å². The third-order valence-electron chi connectivity index (χ3n) is 2.32. The lowest BCUT2D eigenvalue weighted by atomic mass is 9.95. The van der Waals surface area contributed by atoms with Crippen molar-refractivity contribution in [3.05, 3.63) is 0 Å². The van der Waals surface area contributed by atoms with Gasteiger partial charge in [0.05, 0.1) is 0 Å². The molecule has 0 saturated carbocycles. The third kappa shape index (κ3) is 6.87. The third-order valence-corrected chi connectivity index (χ3v) is 2.32. The van der Waals surface area contributed by atoms with Crippen LogP contribution in [0.5, 0.6) is 0 Å². The molecule has 0 heterocycles. The second-order valence-electron chi connectivity index (χ2n) is 3.56. The summed E-state index contributed by atoms with van der Waals surface area (Å²) in [4.78, 5) is 0. The van der Waals surface area contributed by atoms with E-state index in [0.717, 1.165) is 6.42 Å². The van der Waals surface area contributed by atoms with E-state index in [4.69, 9.17) is 5.73 Å². The average Bonchev–Trinajstić information content (AvgIpc) is 2.00. The number of rotatable bonds is 5. The molecule has 2 atom stereocenters. The molecule has 0 aromatic rings. The van der Waals surface area contributed by atoms with E-state index in [0.29, 0.717) is 6.42 Å². The van der Waals surface area contributed by atoms with E-state index in [2.05, 4.69) is 0 Å². The molecule has 0 bridgehead atoms. The van der Waals surface area contributed by atoms with Gasteiger partial charge in [-0.3, -0.25) is 0 Å². The van der Waals surface area contributed by atoms with Gasteiger partial charge >= 0.3 is 6.18 Å². The van der Waals surface area contributed by atoms with Crippen molar-refractivity contribution in [1.82, 2.24) is 0 Å². The molecule has 2 unspecified atom stereocenters. The molecule has 13 heavy (non-hydrogen) atoms. The van der Waals surface area contributed by atoms with Gasteiger partial charge in [-0.25, -0.2) is 0 Å². The highest BCUT2D eigenvalue weighted by Crippen LogP contribution is 2.24. The fourth-order valence-electron chi connectivity index (χ4n) is 1.24. The number of alkyl halides is 3. The normalized spacial score (nSPS) is 17.1. The van der Waals surface area contributed by atoms with Crippen LogP contribution in [-0.2, 0) is 0 Å². The topological polar surface area (TPSA) is 26.0 Å². The number of nitrogens with two attached hydrogens (primary N) is 1. The maximum atomic E-state index is 11.8. The number of halogens is 3. The molecule has 80 valence electrons. The van der Waals surface area contributed by atoms with Gasteiger partial charge in [-0.1, -0.05) is 13.8 Å². The van der Waals surface area contributed by atoms with Crippen LogP contribution < -0.4 is 5.73 Å². The highest BCUT2D eigenvalue weighted by atomic mass is 19.4. The van der Waals surface area contributed by atoms with E-state index in [1.54, 1.807) is 0 Å². The Labute approximate surface area is 77.5 Å². The van der Waals surface area contributed by atoms with Gasteiger partial charge < -0.3 is 5.73 Å². The zero-order chi connectivity index (χ0) is 10.5. The average molecular weight is 197 g/mol. The summed E-state index contributed by atoms with van der Waals surface area (Å²) in [5, 5.41) is 0. The summed E-state index contributed by atoms with van der Waals surface area (Å²) in [7, 11) is 0. The quantitative estimate of drug-likeness (QED) is 0.720. The maximum Gasteiger partial charge on any atom is 0.389 e. The minimum Gasteiger partial charge on any atom is -0.327 e. The molecule has 0 aromatic carbocycles. The van der Waals surface area contributed by atoms with Gasteiger partial charge in [-0.2, -0.15) is 13.2 Å². The van der Waals surface area contributed by atoms with Gasteiger partial charge in [-0.05, 0) is 25.2 Å². The van der Waals surface area contributed by atoms with E-state index in [1.165, 1.54) is 0 Å². The van der Waals surface area contributed by atoms with Gasteiger partial charge in [0.2, 0.25) is 0 Å². The Morgan fingerprint density at radius 2 is 1.85 bits per heavy atom. The predicted octanol–water partition coefficient (Wildman–Crippen LogP) is 3.09. The van der Waals surface area contributed by atoms with Gasteiger partial charge in [0.15, 0.2) is 0 Å². The first-order chi connectivity index (χ1) is 5.87. The molecule has 1 nitrogen and oxygen atoms in total. The minimum atomic E-state index is -4.02. The fourth-order valence-corrected chi connectivity index (χ4v) is 1.24. The van der Waals surface area contributed by atoms with Crippen molar-refractivity contribution < 1.29 is 13.2 Å². The summed E-state index contributed by atoms with van der Waals surface area (Å²) in [6.07, 6.45) is -3.12. The summed E-state index contributed by atoms with van der Waals surface area (Å²) in [6, 6.07) is 0.0354. The highest BCUT2D eigenvalue weighted by Gasteiger charge is 2.26. The molecular formula is C9H18F3N. The highest BCUT2D eigenvalue weighted by molar-refractivity contribution is 4.67. The van der Waals surface area contributed by atoms with Crippen LogP contribution in [0.2, 0.25) is 0 Å². The molecule has 0 aliphatic heterocycles. The molecular weight excluding hydrogens is 179 g/mol. The molecule has 0 amide bonds. The van der Waals surface area contributed by atoms with E-state index in [-0.39, 0.29) is 18.4 Å². The Bertz CT molecular complexity index is 133. The number of hydrogen-bond donors (Lipinski definition) is 1. The smallest absolute Gasteiger partial charge is 0.327 e. The standard InChI is InChI=1S/C9H18F3N/c1-3-8(13)7(2)5-4-6-9(10,11)12/h7-8H,3-6,13H2,1-2H3. The predicted molar refractivity (Wildman–Crippen MR) is 47.3 cm³/mol. The molecule has 0 radical (unpaired) electrons. The molecule has 2 N–H and O–H groups in total. The van der Waals surface area contributed by atoms with Crippen molar-refractivity contribution >= 4 is 0 Å². The number of hydrogen-bond acceptors (Lipinski definition) is 1. The van der Waals surface area contributed by atoms with Crippen molar-refractivity contribution in [1.29, 1.82) is 0 Å². The van der Waals surface area contributed by atoms with Crippen molar-refractivity contribution in [2.24, 2.45) is 11.7 Å². The molecule has 0 fully saturated rings. The van der Waals surface area contributed by atoms with Crippen LogP contribution in [0.1, 0.15) is 39.5 Å². The van der Waals surface area contributed by atoms with Gasteiger partial charge in [-0.15, -0.1) is 0 Å². The first kappa shape index (κ1) is 12.8. The SMILES string of the molecule is CCC(N)C(C)CCCC(F)(F)F. The van der Waals surface area contributed by atoms with E-state index in [9.17, 15) is 13.2 Å². The fraction of sp³-hybridized carbons (Fsp3) is 1.00. The van der Waals surface area contributed by atoms with Crippen LogP contribution in [-0.4, -0.2) is 12.2 Å². The molecule has 0 aromatic heterocycles. The van der Waals surface area contributed by atoms with Gasteiger partial charge in [0.1, 0.15) is 0 Å². The molecule has 0 aliphatic carbocycles. The lowest BCUT2D eigenvalue weighted by Gasteiger charge is -2.18. The summed E-state index contributed by atoms with van der Waals surface area (Å²) >= 11 is 0. The maximum absolute atomic E-state index is 11.8. The summed E-state index contributed by atoms with van der Waals surface area (Å²) in [6.45, 7) is 3.86. The van der Waals surface area contributed by atoms with Crippen LogP contribution in [0, 0.1) is 5.92 Å². The van der Waals surface area contributed by atoms with E-state index >= 15 is 0 Å². The van der Waals surface area contributed by atoms with E-state index < -0.39 is 12.6 Å². The summed E-state index contributed by atoms with van der Waals surface area (Å²) < 4.78 is 35.3. The Morgan fingerprint density at radius 1 is 1.31 bits per heavy atom. The lowest BCUT2D eigenvalue weighted by Crippen LogP contribution is -2.27. The van der Waals surface area contributed by atoms with Gasteiger partial charge in [0.25, 0.3) is 0 Å². The van der Waals surface area contributed by atoms with Crippen LogP contribution in [0.3, 0.4) is 0 Å². The Kier molecular flexibility index (Phi) is 5.37. The molecule has 4 heteroatoms. The van der Waals surface area contributed by atoms with Crippen molar-refractivity contribution in [2.45, 2.75) is 51.7 Å².